The number of carboxylic acid groups (broad SMARTS) is 2. The molecule has 0 spiro atoms. The number of carbonyl (C=O) groups excluding carboxylic acids is 4. The normalized spacial score (nSPS) is 20.5. The minimum Gasteiger partial charge on any atom is -1.00 e. The van der Waals surface area contributed by atoms with Crippen molar-refractivity contribution in [1.82, 2.24) is 0 Å². The second kappa shape index (κ2) is 21.2. The Balaban J connectivity index is 0.000000295. The van der Waals surface area contributed by atoms with Gasteiger partial charge in [0, 0.05) is 22.3 Å². The summed E-state index contributed by atoms with van der Waals surface area (Å²) in [5.74, 6) is 1.62. The minimum absolute atomic E-state index is 0. The lowest BCUT2D eigenvalue weighted by Crippen LogP contribution is -3.20. The van der Waals surface area contributed by atoms with Crippen molar-refractivity contribution in [2.45, 2.75) is 62.8 Å². The Morgan fingerprint density at radius 2 is 1.07 bits per heavy atom. The first kappa shape index (κ1) is 45.9. The standard InChI is InChI=1S/C21H22N2O5.C21H21NO5.2ClH/c1-13(21(27)28-17-11-18(20(25)26)23(22)12-17)15-8-5-9-16(10-15)19(24)14-6-3-2-4-7-14;1-13(21(26)27-17-11-18(20(24)25)22-12-17)15-8-5-9-16(10-15)19(23)14-6-3-2-4-7-14;;/h2-10,13,17-18H,11-12,22H2,1H3,(H,25,26);2-10,13,17-18,22H,11-12H2,1H3,(H,24,25);2*1H/t13-,17+,18-;13-,17-,18+;;/m01../s1. The Morgan fingerprint density at radius 1 is 0.632 bits per heavy atom. The summed E-state index contributed by atoms with van der Waals surface area (Å²) in [7, 11) is 0. The van der Waals surface area contributed by atoms with E-state index in [9.17, 15) is 28.8 Å². The van der Waals surface area contributed by atoms with E-state index in [1.807, 2.05) is 12.1 Å². The molecular formula is C42H45Cl2N3O10. The molecule has 0 amide bonds. The van der Waals surface area contributed by atoms with Gasteiger partial charge in [0.05, 0.1) is 24.7 Å². The predicted octanol–water partition coefficient (Wildman–Crippen LogP) is -4.09. The van der Waals surface area contributed by atoms with Crippen LogP contribution in [-0.2, 0) is 28.7 Å². The third-order valence-corrected chi connectivity index (χ3v) is 9.87. The number of benzene rings is 4. The largest absolute Gasteiger partial charge is 1.00 e. The molecule has 0 radical (unpaired) electrons. The molecule has 15 heteroatoms. The number of quaternary nitrogens is 2. The van der Waals surface area contributed by atoms with Crippen molar-refractivity contribution in [1.29, 1.82) is 0 Å². The Kier molecular flexibility index (Phi) is 17.1. The molecule has 1 unspecified atom stereocenters. The lowest BCUT2D eigenvalue weighted by atomic mass is 9.96. The molecule has 4 aromatic rings. The van der Waals surface area contributed by atoms with Crippen molar-refractivity contribution in [2.24, 2.45) is 5.84 Å². The molecule has 4 aromatic carbocycles. The van der Waals surface area contributed by atoms with Crippen molar-refractivity contribution in [3.05, 3.63) is 143 Å². The van der Waals surface area contributed by atoms with E-state index in [-0.39, 0.29) is 49.3 Å². The van der Waals surface area contributed by atoms with E-state index in [4.69, 9.17) is 25.5 Å². The summed E-state index contributed by atoms with van der Waals surface area (Å²) in [6, 6.07) is 30.4. The zero-order valence-corrected chi connectivity index (χ0v) is 32.8. The summed E-state index contributed by atoms with van der Waals surface area (Å²) in [6.45, 7) is 4.12. The van der Waals surface area contributed by atoms with Gasteiger partial charge in [0.15, 0.2) is 29.8 Å². The monoisotopic (exact) mass is 821 g/mol. The first-order valence-corrected chi connectivity index (χ1v) is 18.0. The highest BCUT2D eigenvalue weighted by molar-refractivity contribution is 6.09. The van der Waals surface area contributed by atoms with E-state index in [1.165, 1.54) is 0 Å². The Morgan fingerprint density at radius 3 is 1.47 bits per heavy atom. The number of hydrogen-bond donors (Lipinski definition) is 5. The van der Waals surface area contributed by atoms with Crippen LogP contribution in [-0.4, -0.2) is 83.0 Å². The van der Waals surface area contributed by atoms with Crippen molar-refractivity contribution < 1.29 is 83.6 Å². The van der Waals surface area contributed by atoms with E-state index in [2.05, 4.69) is 0 Å². The number of halogens is 2. The summed E-state index contributed by atoms with van der Waals surface area (Å²) in [4.78, 5) is 72.3. The van der Waals surface area contributed by atoms with Gasteiger partial charge in [-0.1, -0.05) is 97.1 Å². The van der Waals surface area contributed by atoms with Gasteiger partial charge < -0.3 is 49.8 Å². The average molecular weight is 823 g/mol. The molecule has 6 rings (SSSR count). The molecule has 57 heavy (non-hydrogen) atoms. The maximum atomic E-state index is 12.6. The third kappa shape index (κ3) is 12.0. The SMILES string of the molecule is C[C@@H](C(=O)O[C@H]1C[NH2+][C@H](C(=O)O)C1)c1cccc(C(=O)c2ccccc2)c1.C[C@H](C(=O)O[C@@H]1C[C@@H](C(=O)O)[NH+](N)C1)c1cccc(C(=O)c2ccccc2)c1.[Cl-].[Cl-]. The first-order chi connectivity index (χ1) is 26.3. The van der Waals surface area contributed by atoms with Crippen LogP contribution in [0, 0.1) is 0 Å². The number of esters is 2. The molecule has 0 aliphatic carbocycles. The van der Waals surface area contributed by atoms with Gasteiger partial charge in [0.2, 0.25) is 6.04 Å². The summed E-state index contributed by atoms with van der Waals surface area (Å²) in [5.41, 5.74) is 3.53. The maximum absolute atomic E-state index is 12.6. The zero-order valence-electron chi connectivity index (χ0n) is 31.3. The zero-order chi connectivity index (χ0) is 39.6. The fraction of sp³-hybridized carbons (Fsp3) is 0.286. The molecule has 2 heterocycles. The number of hydrogen-bond acceptors (Lipinski definition) is 9. The van der Waals surface area contributed by atoms with E-state index < -0.39 is 60.0 Å². The number of aliphatic carboxylic acids is 2. The number of nitrogens with one attached hydrogen (secondary N) is 1. The average Bonchev–Trinajstić information content (AvgIpc) is 3.83. The lowest BCUT2D eigenvalue weighted by Gasteiger charge is -2.15. The summed E-state index contributed by atoms with van der Waals surface area (Å²) >= 11 is 0. The van der Waals surface area contributed by atoms with Gasteiger partial charge in [-0.15, -0.1) is 0 Å². The number of nitrogens with two attached hydrogens (primary N) is 2. The van der Waals surface area contributed by atoms with Crippen molar-refractivity contribution in [3.63, 3.8) is 0 Å². The van der Waals surface area contributed by atoms with Gasteiger partial charge in [-0.05, 0) is 37.1 Å². The van der Waals surface area contributed by atoms with Gasteiger partial charge >= 0.3 is 23.9 Å². The van der Waals surface area contributed by atoms with E-state index in [0.717, 1.165) is 0 Å². The van der Waals surface area contributed by atoms with E-state index >= 15 is 0 Å². The smallest absolute Gasteiger partial charge is 0.364 e. The van der Waals surface area contributed by atoms with Crippen molar-refractivity contribution >= 4 is 35.4 Å². The van der Waals surface area contributed by atoms with Gasteiger partial charge in [-0.3, -0.25) is 19.2 Å². The molecule has 7 atom stereocenters. The molecule has 2 aliphatic rings. The highest BCUT2D eigenvalue weighted by atomic mass is 35.5. The van der Waals surface area contributed by atoms with Crippen molar-refractivity contribution in [3.8, 4) is 0 Å². The Bertz CT molecular complexity index is 2030. The fourth-order valence-corrected chi connectivity index (χ4v) is 6.56. The van der Waals surface area contributed by atoms with Crippen LogP contribution in [0.25, 0.3) is 0 Å². The summed E-state index contributed by atoms with van der Waals surface area (Å²) in [6.07, 6.45) is -0.452. The van der Waals surface area contributed by atoms with Gasteiger partial charge in [0.1, 0.15) is 13.1 Å². The second-order valence-electron chi connectivity index (χ2n) is 13.8. The number of rotatable bonds is 12. The van der Waals surface area contributed by atoms with Crippen LogP contribution >= 0.6 is 0 Å². The molecule has 13 nitrogen and oxygen atoms in total. The molecule has 2 saturated heterocycles. The maximum Gasteiger partial charge on any atom is 0.364 e. The molecule has 0 aromatic heterocycles. The van der Waals surface area contributed by atoms with Crippen LogP contribution in [0.15, 0.2) is 109 Å². The van der Waals surface area contributed by atoms with Crippen LogP contribution in [0.4, 0.5) is 0 Å². The topological polar surface area (TPSA) is 208 Å². The van der Waals surface area contributed by atoms with Crippen LogP contribution in [0.5, 0.6) is 0 Å². The molecule has 0 bridgehead atoms. The van der Waals surface area contributed by atoms with Crippen LogP contribution < -0.4 is 41.0 Å². The molecule has 302 valence electrons. The second-order valence-corrected chi connectivity index (χ2v) is 13.8. The Hall–Kier alpha value is -5.44. The number of carboxylic acids is 2. The molecule has 7 N–H and O–H groups in total. The molecule has 2 aliphatic heterocycles. The van der Waals surface area contributed by atoms with Crippen LogP contribution in [0.3, 0.4) is 0 Å². The van der Waals surface area contributed by atoms with Crippen molar-refractivity contribution in [2.75, 3.05) is 13.1 Å². The predicted molar refractivity (Wildman–Crippen MR) is 198 cm³/mol. The fourth-order valence-electron chi connectivity index (χ4n) is 6.56. The number of carbonyl (C=O) groups is 6. The van der Waals surface area contributed by atoms with Crippen LogP contribution in [0.1, 0.15) is 81.5 Å². The van der Waals surface area contributed by atoms with Gasteiger partial charge in [0.25, 0.3) is 0 Å². The minimum atomic E-state index is -1.00. The van der Waals surface area contributed by atoms with Crippen LogP contribution in [0.2, 0.25) is 0 Å². The summed E-state index contributed by atoms with van der Waals surface area (Å²) < 4.78 is 10.9. The molecular weight excluding hydrogens is 777 g/mol. The molecule has 0 saturated carbocycles. The quantitative estimate of drug-likeness (QED) is 0.0528. The molecule has 2 fully saturated rings. The first-order valence-electron chi connectivity index (χ1n) is 18.0. The highest BCUT2D eigenvalue weighted by Crippen LogP contribution is 2.23. The van der Waals surface area contributed by atoms with E-state index in [0.29, 0.717) is 51.4 Å². The lowest BCUT2D eigenvalue weighted by molar-refractivity contribution is -0.917. The van der Waals surface area contributed by atoms with Gasteiger partial charge in [-0.25, -0.2) is 14.6 Å². The summed E-state index contributed by atoms with van der Waals surface area (Å²) in [5, 5.41) is 20.1. The third-order valence-electron chi connectivity index (χ3n) is 9.87. The number of ether oxygens (including phenoxy) is 2. The Labute approximate surface area is 342 Å². The number of ketones is 2. The van der Waals surface area contributed by atoms with Gasteiger partial charge in [-0.2, -0.15) is 5.84 Å². The van der Waals surface area contributed by atoms with E-state index in [1.54, 1.807) is 116 Å². The highest BCUT2D eigenvalue weighted by Gasteiger charge is 2.42.